The number of para-hydroxylation sites is 1. The maximum Gasteiger partial charge on any atom is 0.329 e. The number of benzene rings is 3. The van der Waals surface area contributed by atoms with Crippen molar-refractivity contribution in [1.29, 1.82) is 0 Å². The van der Waals surface area contributed by atoms with Gasteiger partial charge in [0.05, 0.1) is 13.3 Å². The van der Waals surface area contributed by atoms with E-state index in [4.69, 9.17) is 21.1 Å². The number of halogens is 1. The van der Waals surface area contributed by atoms with Crippen molar-refractivity contribution in [3.8, 4) is 11.5 Å². The lowest BCUT2D eigenvalue weighted by Crippen LogP contribution is -2.37. The van der Waals surface area contributed by atoms with Crippen molar-refractivity contribution in [2.24, 2.45) is 5.10 Å². The van der Waals surface area contributed by atoms with Gasteiger partial charge < -0.3 is 20.1 Å². The molecule has 0 aromatic heterocycles. The van der Waals surface area contributed by atoms with Crippen molar-refractivity contribution in [2.75, 3.05) is 19.0 Å². The molecule has 0 aliphatic carbocycles. The Balaban J connectivity index is 1.47. The number of nitrogens with zero attached hydrogens (tertiary/aromatic N) is 1. The minimum atomic E-state index is -0.921. The third-order valence-corrected chi connectivity index (χ3v) is 4.85. The number of anilines is 1. The van der Waals surface area contributed by atoms with E-state index in [0.717, 1.165) is 5.56 Å². The van der Waals surface area contributed by atoms with E-state index in [1.165, 1.54) is 6.21 Å². The van der Waals surface area contributed by atoms with Gasteiger partial charge in [-0.1, -0.05) is 35.9 Å². The number of methoxy groups -OCH3 is 1. The average Bonchev–Trinajstić information content (AvgIpc) is 2.88. The lowest BCUT2D eigenvalue weighted by Gasteiger charge is -2.09. The Labute approximate surface area is 207 Å². The molecule has 0 fully saturated rings. The molecule has 9 nitrogen and oxygen atoms in total. The summed E-state index contributed by atoms with van der Waals surface area (Å²) in [4.78, 5) is 36.1. The third-order valence-electron chi connectivity index (χ3n) is 4.59. The molecule has 0 saturated carbocycles. The van der Waals surface area contributed by atoms with Crippen LogP contribution in [0.5, 0.6) is 11.5 Å². The molecule has 10 heteroatoms. The number of ether oxygens (including phenoxy) is 2. The molecule has 35 heavy (non-hydrogen) atoms. The van der Waals surface area contributed by atoms with Gasteiger partial charge in [-0.25, -0.2) is 5.43 Å². The highest BCUT2D eigenvalue weighted by Crippen LogP contribution is 2.17. The second-order valence-electron chi connectivity index (χ2n) is 7.11. The molecule has 0 aliphatic rings. The summed E-state index contributed by atoms with van der Waals surface area (Å²) in [5, 5.41) is 9.58. The molecule has 0 aliphatic heterocycles. The number of carbonyl (C=O) groups excluding carboxylic acids is 3. The molecule has 3 aromatic carbocycles. The lowest BCUT2D eigenvalue weighted by atomic mass is 10.2. The Bertz CT molecular complexity index is 1200. The van der Waals surface area contributed by atoms with Crippen LogP contribution in [0.15, 0.2) is 77.9 Å². The molecule has 0 atom stereocenters. The van der Waals surface area contributed by atoms with Gasteiger partial charge in [-0.3, -0.25) is 14.4 Å². The van der Waals surface area contributed by atoms with Crippen molar-refractivity contribution in [1.82, 2.24) is 10.7 Å². The standard InChI is InChI=1S/C25H23ClN4O5/c1-34-21-12-6-17(7-13-21)14-27-24(32)25(33)30-28-15-18-4-2-3-5-22(18)35-16-23(31)29-20-10-8-19(26)9-11-20/h2-13,15H,14,16H2,1H3,(H,27,32)(H,29,31)(H,30,33)/b28-15-. The summed E-state index contributed by atoms with van der Waals surface area (Å²) in [6, 6.07) is 20.6. The molecule has 0 bridgehead atoms. The SMILES string of the molecule is COc1ccc(CNC(=O)C(=O)N/N=C\c2ccccc2OCC(=O)Nc2ccc(Cl)cc2)cc1. The first kappa shape index (κ1) is 25.3. The third kappa shape index (κ3) is 8.17. The van der Waals surface area contributed by atoms with Crippen LogP contribution < -0.4 is 25.5 Å². The van der Waals surface area contributed by atoms with E-state index in [1.807, 2.05) is 0 Å². The number of hydrazone groups is 1. The molecule has 3 aromatic rings. The molecule has 3 rings (SSSR count). The van der Waals surface area contributed by atoms with Gasteiger partial charge in [0.15, 0.2) is 6.61 Å². The molecule has 3 N–H and O–H groups in total. The van der Waals surface area contributed by atoms with E-state index < -0.39 is 11.8 Å². The van der Waals surface area contributed by atoms with Gasteiger partial charge in [0.1, 0.15) is 11.5 Å². The first-order chi connectivity index (χ1) is 16.9. The van der Waals surface area contributed by atoms with Gasteiger partial charge in [0.2, 0.25) is 0 Å². The average molecular weight is 495 g/mol. The predicted octanol–water partition coefficient (Wildman–Crippen LogP) is 3.13. The van der Waals surface area contributed by atoms with Crippen LogP contribution in [0, 0.1) is 0 Å². The second kappa shape index (κ2) is 12.8. The summed E-state index contributed by atoms with van der Waals surface area (Å²) in [5.74, 6) is -1.04. The number of hydrogen-bond donors (Lipinski definition) is 3. The molecule has 0 heterocycles. The summed E-state index contributed by atoms with van der Waals surface area (Å²) in [7, 11) is 1.56. The second-order valence-corrected chi connectivity index (χ2v) is 7.55. The van der Waals surface area contributed by atoms with Crippen LogP contribution in [0.3, 0.4) is 0 Å². The summed E-state index contributed by atoms with van der Waals surface area (Å²) in [6.45, 7) is -0.0671. The van der Waals surface area contributed by atoms with Crippen LogP contribution in [-0.2, 0) is 20.9 Å². The van der Waals surface area contributed by atoms with E-state index in [-0.39, 0.29) is 19.1 Å². The molecule has 0 saturated heterocycles. The van der Waals surface area contributed by atoms with E-state index in [0.29, 0.717) is 27.8 Å². The molecular formula is C25H23ClN4O5. The largest absolute Gasteiger partial charge is 0.497 e. The van der Waals surface area contributed by atoms with E-state index >= 15 is 0 Å². The fourth-order valence-corrected chi connectivity index (χ4v) is 2.94. The van der Waals surface area contributed by atoms with E-state index in [9.17, 15) is 14.4 Å². The maximum atomic E-state index is 12.1. The lowest BCUT2D eigenvalue weighted by molar-refractivity contribution is -0.139. The smallest absolute Gasteiger partial charge is 0.329 e. The zero-order valence-corrected chi connectivity index (χ0v) is 19.5. The quantitative estimate of drug-likeness (QED) is 0.240. The Morgan fingerprint density at radius 2 is 1.66 bits per heavy atom. The van der Waals surface area contributed by atoms with Gasteiger partial charge in [0, 0.05) is 22.8 Å². The summed E-state index contributed by atoms with van der Waals surface area (Å²) in [5.41, 5.74) is 4.07. The maximum absolute atomic E-state index is 12.1. The highest BCUT2D eigenvalue weighted by Gasteiger charge is 2.12. The van der Waals surface area contributed by atoms with Gasteiger partial charge in [-0.15, -0.1) is 0 Å². The van der Waals surface area contributed by atoms with Crippen molar-refractivity contribution in [3.05, 3.63) is 88.9 Å². The van der Waals surface area contributed by atoms with Crippen molar-refractivity contribution >= 4 is 41.2 Å². The molecule has 3 amide bonds. The minimum absolute atomic E-state index is 0.175. The highest BCUT2D eigenvalue weighted by atomic mass is 35.5. The van der Waals surface area contributed by atoms with E-state index in [1.54, 1.807) is 79.9 Å². The van der Waals surface area contributed by atoms with Gasteiger partial charge >= 0.3 is 11.8 Å². The van der Waals surface area contributed by atoms with Crippen LogP contribution in [0.2, 0.25) is 5.02 Å². The van der Waals surface area contributed by atoms with Crippen LogP contribution in [-0.4, -0.2) is 37.7 Å². The van der Waals surface area contributed by atoms with Crippen molar-refractivity contribution in [3.63, 3.8) is 0 Å². The number of carbonyl (C=O) groups is 3. The molecule has 180 valence electrons. The van der Waals surface area contributed by atoms with Crippen LogP contribution in [0.25, 0.3) is 0 Å². The molecule has 0 spiro atoms. The number of nitrogens with one attached hydrogen (secondary N) is 3. The molecule has 0 radical (unpaired) electrons. The molecule has 0 unspecified atom stereocenters. The minimum Gasteiger partial charge on any atom is -0.497 e. The highest BCUT2D eigenvalue weighted by molar-refractivity contribution is 6.35. The Kier molecular flexibility index (Phi) is 9.21. The van der Waals surface area contributed by atoms with Crippen molar-refractivity contribution < 1.29 is 23.9 Å². The topological polar surface area (TPSA) is 118 Å². The molecular weight excluding hydrogens is 472 g/mol. The normalized spacial score (nSPS) is 10.5. The first-order valence-corrected chi connectivity index (χ1v) is 10.8. The first-order valence-electron chi connectivity index (χ1n) is 10.5. The fourth-order valence-electron chi connectivity index (χ4n) is 2.81. The van der Waals surface area contributed by atoms with Crippen LogP contribution in [0.4, 0.5) is 5.69 Å². The zero-order chi connectivity index (χ0) is 25.0. The fraction of sp³-hybridized carbons (Fsp3) is 0.120. The predicted molar refractivity (Wildman–Crippen MR) is 133 cm³/mol. The summed E-state index contributed by atoms with van der Waals surface area (Å²) >= 11 is 5.83. The Morgan fingerprint density at radius 3 is 2.37 bits per heavy atom. The van der Waals surface area contributed by atoms with E-state index in [2.05, 4.69) is 21.2 Å². The van der Waals surface area contributed by atoms with Crippen molar-refractivity contribution in [2.45, 2.75) is 6.54 Å². The zero-order valence-electron chi connectivity index (χ0n) is 18.8. The number of rotatable bonds is 9. The monoisotopic (exact) mass is 494 g/mol. The summed E-state index contributed by atoms with van der Waals surface area (Å²) in [6.07, 6.45) is 1.32. The van der Waals surface area contributed by atoms with Crippen LogP contribution in [0.1, 0.15) is 11.1 Å². The Hall–Kier alpha value is -4.37. The number of hydrogen-bond acceptors (Lipinski definition) is 6. The van der Waals surface area contributed by atoms with Gasteiger partial charge in [0.25, 0.3) is 5.91 Å². The Morgan fingerprint density at radius 1 is 0.943 bits per heavy atom. The van der Waals surface area contributed by atoms with Gasteiger partial charge in [-0.05, 0) is 54.1 Å². The van der Waals surface area contributed by atoms with Gasteiger partial charge in [-0.2, -0.15) is 5.10 Å². The van der Waals surface area contributed by atoms with Crippen LogP contribution >= 0.6 is 11.6 Å². The summed E-state index contributed by atoms with van der Waals surface area (Å²) < 4.78 is 10.7. The number of amides is 3.